The van der Waals surface area contributed by atoms with Gasteiger partial charge in [0.1, 0.15) is 6.10 Å². The van der Waals surface area contributed by atoms with Crippen molar-refractivity contribution in [2.75, 3.05) is 177 Å². The maximum atomic E-state index is 13.3. The van der Waals surface area contributed by atoms with Crippen molar-refractivity contribution in [3.05, 3.63) is 52.3 Å². The first-order chi connectivity index (χ1) is 39.7. The number of aromatic nitrogens is 2. The maximum absolute atomic E-state index is 13.3. The molecular formula is C57H94ClN7O15S. The van der Waals surface area contributed by atoms with Crippen molar-refractivity contribution >= 4 is 41.2 Å². The average Bonchev–Trinajstić information content (AvgIpc) is 4.16. The Kier molecular flexibility index (Phi) is 33.8. The van der Waals surface area contributed by atoms with E-state index in [0.717, 1.165) is 62.1 Å². The van der Waals surface area contributed by atoms with Gasteiger partial charge in [-0.05, 0) is 75.6 Å². The minimum absolute atomic E-state index is 0.0383. The predicted molar refractivity (Wildman–Crippen MR) is 307 cm³/mol. The Balaban J connectivity index is 0.612. The molecule has 460 valence electrons. The zero-order valence-electron chi connectivity index (χ0n) is 48.1. The fraction of sp³-hybridized carbons (Fsp3) is 0.789. The lowest BCUT2D eigenvalue weighted by Crippen LogP contribution is -2.58. The van der Waals surface area contributed by atoms with Crippen LogP contribution in [0.5, 0.6) is 0 Å². The predicted octanol–water partition coefficient (Wildman–Crippen LogP) is 3.86. The number of halogens is 1. The summed E-state index contributed by atoms with van der Waals surface area (Å²) in [6.07, 6.45) is 7.91. The number of aryl methyl sites for hydroxylation is 2. The highest BCUT2D eigenvalue weighted by Gasteiger charge is 2.43. The molecule has 22 nitrogen and oxygen atoms in total. The summed E-state index contributed by atoms with van der Waals surface area (Å²) in [5.74, 6) is 1.36. The number of urea groups is 1. The molecule has 4 amide bonds. The lowest BCUT2D eigenvalue weighted by Gasteiger charge is -2.45. The number of morpholine rings is 1. The molecule has 2 aromatic rings. The van der Waals surface area contributed by atoms with Crippen molar-refractivity contribution in [1.82, 2.24) is 35.9 Å². The van der Waals surface area contributed by atoms with E-state index in [0.29, 0.717) is 195 Å². The third kappa shape index (κ3) is 27.1. The number of nitrogens with zero attached hydrogens (tertiary/aromatic N) is 3. The van der Waals surface area contributed by atoms with E-state index >= 15 is 0 Å². The van der Waals surface area contributed by atoms with E-state index in [2.05, 4.69) is 51.3 Å². The fourth-order valence-corrected chi connectivity index (χ4v) is 11.8. The lowest BCUT2D eigenvalue weighted by molar-refractivity contribution is -0.145. The summed E-state index contributed by atoms with van der Waals surface area (Å²) >= 11 is 8.08. The summed E-state index contributed by atoms with van der Waals surface area (Å²) in [5, 5.41) is 17.8. The molecule has 4 heterocycles. The Morgan fingerprint density at radius 2 is 1.17 bits per heavy atom. The second kappa shape index (κ2) is 40.9. The summed E-state index contributed by atoms with van der Waals surface area (Å²) in [4.78, 5) is 39.4. The molecule has 4 N–H and O–H groups in total. The van der Waals surface area contributed by atoms with Crippen molar-refractivity contribution < 1.29 is 71.2 Å². The van der Waals surface area contributed by atoms with E-state index < -0.39 is 6.10 Å². The number of carbonyl (C=O) groups excluding carboxylic acids is 3. The Hall–Kier alpha value is -3.24. The topological polar surface area (TPSA) is 231 Å². The highest BCUT2D eigenvalue weighted by Crippen LogP contribution is 2.37. The standard InChI is InChI=1S/C57H94ClN7O15S/c1-44-39-50(63-64(44)2)46-9-13-48(14-10-46)65-41-52(80-42-49(65)40-45-7-11-47(58)12-8-45)56(67)60-16-18-70-20-22-72-24-26-74-28-30-76-32-34-78-36-38-79-37-35-77-33-31-75-29-27-73-25-23-71-21-19-69-17-15-59-54(66)6-4-3-5-53-55-51(43-81-53)61-57(68)62-55/h7-8,11-12,39,46,48-49,51-53,55H,3-6,9-10,13-38,40-43H2,1-2H3,(H,59,66)(H,60,67)(H2,61,62,68)/t46?,48?,49-,51-,52+,53-,55-/m0/s1. The maximum Gasteiger partial charge on any atom is 0.315 e. The van der Waals surface area contributed by atoms with Crippen LogP contribution < -0.4 is 21.3 Å². The highest BCUT2D eigenvalue weighted by atomic mass is 35.5. The van der Waals surface area contributed by atoms with Crippen LogP contribution in [0.15, 0.2) is 30.3 Å². The molecule has 0 radical (unpaired) electrons. The minimum Gasteiger partial charge on any atom is -0.377 e. The van der Waals surface area contributed by atoms with Gasteiger partial charge in [0.2, 0.25) is 5.91 Å². The molecule has 6 rings (SSSR count). The van der Waals surface area contributed by atoms with Crippen molar-refractivity contribution in [3.63, 3.8) is 0 Å². The molecule has 3 saturated heterocycles. The van der Waals surface area contributed by atoms with Crippen LogP contribution in [0.2, 0.25) is 5.02 Å². The molecule has 1 saturated carbocycles. The smallest absolute Gasteiger partial charge is 0.315 e. The van der Waals surface area contributed by atoms with Gasteiger partial charge in [-0.2, -0.15) is 16.9 Å². The average molecular weight is 1180 g/mol. The molecule has 3 aliphatic heterocycles. The van der Waals surface area contributed by atoms with Crippen LogP contribution in [-0.2, 0) is 79.9 Å². The Morgan fingerprint density at radius 3 is 1.67 bits per heavy atom. The number of hydrogen-bond donors (Lipinski definition) is 4. The first-order valence-corrected chi connectivity index (χ1v) is 30.9. The molecule has 24 heteroatoms. The van der Waals surface area contributed by atoms with E-state index in [9.17, 15) is 14.4 Å². The van der Waals surface area contributed by atoms with E-state index in [1.165, 1.54) is 17.0 Å². The number of benzene rings is 1. The molecule has 1 aliphatic carbocycles. The monoisotopic (exact) mass is 1180 g/mol. The summed E-state index contributed by atoms with van der Waals surface area (Å²) in [6.45, 7) is 14.1. The minimum atomic E-state index is -0.536. The molecule has 0 unspecified atom stereocenters. The fourth-order valence-electron chi connectivity index (χ4n) is 10.2. The third-order valence-corrected chi connectivity index (χ3v) is 16.4. The Labute approximate surface area is 489 Å². The van der Waals surface area contributed by atoms with Gasteiger partial charge in [-0.15, -0.1) is 0 Å². The van der Waals surface area contributed by atoms with Gasteiger partial charge < -0.3 is 78.1 Å². The summed E-state index contributed by atoms with van der Waals surface area (Å²) in [7, 11) is 2.01. The van der Waals surface area contributed by atoms with Crippen LogP contribution in [-0.4, -0.2) is 245 Å². The number of fused-ring (bicyclic) bond motifs is 1. The van der Waals surface area contributed by atoms with E-state index in [1.54, 1.807) is 0 Å². The number of hydrogen-bond acceptors (Lipinski definition) is 18. The summed E-state index contributed by atoms with van der Waals surface area (Å²) in [5.41, 5.74) is 3.58. The zero-order chi connectivity index (χ0) is 57.0. The van der Waals surface area contributed by atoms with Gasteiger partial charge in [-0.1, -0.05) is 30.2 Å². The summed E-state index contributed by atoms with van der Waals surface area (Å²) in [6, 6.07) is 11.2. The number of ether oxygens (including phenoxy) is 12. The number of unbranched alkanes of at least 4 members (excludes halogenated alkanes) is 1. The highest BCUT2D eigenvalue weighted by molar-refractivity contribution is 8.00. The SMILES string of the molecule is Cc1cc(C2CCC(N3C[C@H](C(=O)NCCOCCOCCOCCOCCOCCOCCOCCOCCOCCOCCOCCNC(=O)CCCC[C@@H]4SC[C@@H]5NC(=O)N[C@@H]54)OC[C@@H]3Cc3ccc(Cl)cc3)CC2)nn1C. The third-order valence-electron chi connectivity index (χ3n) is 14.6. The van der Waals surface area contributed by atoms with Gasteiger partial charge in [0, 0.05) is 72.8 Å². The molecule has 1 aromatic heterocycles. The van der Waals surface area contributed by atoms with E-state index in [1.807, 2.05) is 35.6 Å². The van der Waals surface area contributed by atoms with Crippen molar-refractivity contribution in [3.8, 4) is 0 Å². The largest absolute Gasteiger partial charge is 0.377 e. The number of amides is 4. The lowest BCUT2D eigenvalue weighted by atomic mass is 9.82. The molecule has 4 fully saturated rings. The van der Waals surface area contributed by atoms with E-state index in [4.69, 9.17) is 73.5 Å². The molecular weight excluding hydrogens is 1090 g/mol. The Bertz CT molecular complexity index is 1990. The number of carbonyl (C=O) groups is 3. The van der Waals surface area contributed by atoms with Crippen molar-refractivity contribution in [1.29, 1.82) is 0 Å². The van der Waals surface area contributed by atoms with Crippen LogP contribution in [0.4, 0.5) is 4.79 Å². The molecule has 0 spiro atoms. The second-order valence-corrected chi connectivity index (χ2v) is 22.3. The quantitative estimate of drug-likeness (QED) is 0.0545. The van der Waals surface area contributed by atoms with Crippen LogP contribution in [0.3, 0.4) is 0 Å². The first-order valence-electron chi connectivity index (χ1n) is 29.4. The number of nitrogens with one attached hydrogen (secondary N) is 4. The van der Waals surface area contributed by atoms with Crippen LogP contribution >= 0.6 is 23.4 Å². The summed E-state index contributed by atoms with van der Waals surface area (Å²) < 4.78 is 69.4. The zero-order valence-corrected chi connectivity index (χ0v) is 49.7. The van der Waals surface area contributed by atoms with Crippen molar-refractivity contribution in [2.24, 2.45) is 7.05 Å². The normalized spacial score (nSPS) is 22.0. The van der Waals surface area contributed by atoms with Gasteiger partial charge in [-0.25, -0.2) is 4.79 Å². The van der Waals surface area contributed by atoms with Crippen LogP contribution in [0.25, 0.3) is 0 Å². The first kappa shape index (κ1) is 66.9. The van der Waals surface area contributed by atoms with Crippen molar-refractivity contribution in [2.45, 2.75) is 106 Å². The molecule has 0 bridgehead atoms. The molecule has 81 heavy (non-hydrogen) atoms. The molecule has 5 atom stereocenters. The van der Waals surface area contributed by atoms with Crippen LogP contribution in [0, 0.1) is 6.92 Å². The van der Waals surface area contributed by atoms with Crippen LogP contribution in [0.1, 0.15) is 74.2 Å². The molecule has 4 aliphatic rings. The van der Waals surface area contributed by atoms with Gasteiger partial charge >= 0.3 is 6.03 Å². The second-order valence-electron chi connectivity index (χ2n) is 20.6. The number of rotatable bonds is 46. The Morgan fingerprint density at radius 1 is 0.679 bits per heavy atom. The van der Waals surface area contributed by atoms with Gasteiger partial charge in [0.25, 0.3) is 5.91 Å². The van der Waals surface area contributed by atoms with Gasteiger partial charge in [0.15, 0.2) is 0 Å². The van der Waals surface area contributed by atoms with E-state index in [-0.39, 0.29) is 36.0 Å². The number of thioether (sulfide) groups is 1. The van der Waals surface area contributed by atoms with Gasteiger partial charge in [0.05, 0.1) is 170 Å². The van der Waals surface area contributed by atoms with Gasteiger partial charge in [-0.3, -0.25) is 19.2 Å². The molecule has 1 aromatic carbocycles.